The molecule has 0 saturated carbocycles. The van der Waals surface area contributed by atoms with E-state index >= 15 is 0 Å². The van der Waals surface area contributed by atoms with E-state index in [4.69, 9.17) is 4.74 Å². The maximum absolute atomic E-state index is 11.6. The summed E-state index contributed by atoms with van der Waals surface area (Å²) in [5.41, 5.74) is 0.727. The van der Waals surface area contributed by atoms with Gasteiger partial charge in [-0.05, 0) is 44.3 Å². The number of carbonyl (C=O) groups is 2. The Balaban J connectivity index is 0.00000441. The zero-order chi connectivity index (χ0) is 15.5. The number of hydrogen-bond donors (Lipinski definition) is 2. The van der Waals surface area contributed by atoms with Gasteiger partial charge in [0.1, 0.15) is 5.75 Å². The van der Waals surface area contributed by atoms with Crippen LogP contribution >= 0.6 is 12.4 Å². The Morgan fingerprint density at radius 3 is 2.41 bits per heavy atom. The van der Waals surface area contributed by atoms with Crippen LogP contribution in [0.5, 0.6) is 5.75 Å². The maximum Gasteiger partial charge on any atom is 0.308 e. The molecule has 1 aromatic carbocycles. The van der Waals surface area contributed by atoms with E-state index in [0.717, 1.165) is 18.7 Å². The highest BCUT2D eigenvalue weighted by Crippen LogP contribution is 2.16. The molecule has 0 fully saturated rings. The van der Waals surface area contributed by atoms with Gasteiger partial charge >= 0.3 is 5.97 Å². The van der Waals surface area contributed by atoms with E-state index < -0.39 is 0 Å². The minimum Gasteiger partial charge on any atom is -0.493 e. The number of halogens is 1. The zero-order valence-corrected chi connectivity index (χ0v) is 13.7. The largest absolute Gasteiger partial charge is 0.493 e. The molecule has 2 N–H and O–H groups in total. The highest BCUT2D eigenvalue weighted by molar-refractivity contribution is 5.90. The van der Waals surface area contributed by atoms with Gasteiger partial charge < -0.3 is 20.1 Å². The van der Waals surface area contributed by atoms with Gasteiger partial charge in [0.2, 0.25) is 5.91 Å². The third-order valence-corrected chi connectivity index (χ3v) is 2.77. The van der Waals surface area contributed by atoms with Gasteiger partial charge in [-0.3, -0.25) is 9.59 Å². The molecule has 0 unspecified atom stereocenters. The minimum absolute atomic E-state index is 0. The molecule has 0 atom stereocenters. The SMILES string of the molecule is CNCCCC(=O)Nc1ccc(OCCC(=O)OC)cc1.Cl. The van der Waals surface area contributed by atoms with Gasteiger partial charge in [-0.2, -0.15) is 0 Å². The van der Waals surface area contributed by atoms with Crippen molar-refractivity contribution < 1.29 is 19.1 Å². The Morgan fingerprint density at radius 1 is 1.14 bits per heavy atom. The third-order valence-electron chi connectivity index (χ3n) is 2.77. The van der Waals surface area contributed by atoms with Crippen LogP contribution in [0.15, 0.2) is 24.3 Å². The zero-order valence-electron chi connectivity index (χ0n) is 12.9. The monoisotopic (exact) mass is 330 g/mol. The maximum atomic E-state index is 11.6. The first kappa shape index (κ1) is 20.2. The van der Waals surface area contributed by atoms with Gasteiger partial charge in [0, 0.05) is 12.1 Å². The number of nitrogens with one attached hydrogen (secondary N) is 2. The van der Waals surface area contributed by atoms with Crippen LogP contribution in [0, 0.1) is 0 Å². The number of anilines is 1. The number of esters is 1. The summed E-state index contributed by atoms with van der Waals surface area (Å²) in [5.74, 6) is 0.331. The first-order valence-electron chi connectivity index (χ1n) is 6.90. The number of benzene rings is 1. The first-order valence-corrected chi connectivity index (χ1v) is 6.90. The van der Waals surface area contributed by atoms with Gasteiger partial charge in [0.05, 0.1) is 20.1 Å². The summed E-state index contributed by atoms with van der Waals surface area (Å²) < 4.78 is 9.92. The fraction of sp³-hybridized carbons (Fsp3) is 0.467. The fourth-order valence-corrected chi connectivity index (χ4v) is 1.64. The van der Waals surface area contributed by atoms with Crippen LogP contribution in [0.25, 0.3) is 0 Å². The molecule has 0 bridgehead atoms. The van der Waals surface area contributed by atoms with E-state index in [9.17, 15) is 9.59 Å². The van der Waals surface area contributed by atoms with Crippen molar-refractivity contribution >= 4 is 30.0 Å². The minimum atomic E-state index is -0.305. The summed E-state index contributed by atoms with van der Waals surface area (Å²) in [4.78, 5) is 22.6. The van der Waals surface area contributed by atoms with Crippen LogP contribution in [0.2, 0.25) is 0 Å². The number of ether oxygens (including phenoxy) is 2. The lowest BCUT2D eigenvalue weighted by Gasteiger charge is -2.08. The van der Waals surface area contributed by atoms with E-state index in [0.29, 0.717) is 12.2 Å². The second-order valence-corrected chi connectivity index (χ2v) is 4.45. The number of rotatable bonds is 9. The number of carbonyl (C=O) groups excluding carboxylic acids is 2. The smallest absolute Gasteiger partial charge is 0.308 e. The van der Waals surface area contributed by atoms with Crippen molar-refractivity contribution in [1.29, 1.82) is 0 Å². The Morgan fingerprint density at radius 2 is 1.82 bits per heavy atom. The molecule has 0 aliphatic rings. The Bertz CT molecular complexity index is 451. The molecule has 1 rings (SSSR count). The van der Waals surface area contributed by atoms with Gasteiger partial charge in [0.25, 0.3) is 0 Å². The molecule has 22 heavy (non-hydrogen) atoms. The lowest BCUT2D eigenvalue weighted by molar-refractivity contribution is -0.141. The van der Waals surface area contributed by atoms with Gasteiger partial charge in [-0.15, -0.1) is 12.4 Å². The standard InChI is InChI=1S/C15H22N2O4.ClH/c1-16-10-3-4-14(18)17-12-5-7-13(8-6-12)21-11-9-15(19)20-2;/h5-8,16H,3-4,9-11H2,1-2H3,(H,17,18);1H. The number of hydrogen-bond acceptors (Lipinski definition) is 5. The molecule has 0 aromatic heterocycles. The van der Waals surface area contributed by atoms with Crippen LogP contribution in [0.1, 0.15) is 19.3 Å². The van der Waals surface area contributed by atoms with Crippen LogP contribution in [0.4, 0.5) is 5.69 Å². The summed E-state index contributed by atoms with van der Waals surface area (Å²) in [6, 6.07) is 7.04. The summed E-state index contributed by atoms with van der Waals surface area (Å²) in [7, 11) is 3.20. The van der Waals surface area contributed by atoms with Crippen molar-refractivity contribution in [2.45, 2.75) is 19.3 Å². The lowest BCUT2D eigenvalue weighted by atomic mass is 10.2. The van der Waals surface area contributed by atoms with Gasteiger partial charge in [0.15, 0.2) is 0 Å². The summed E-state index contributed by atoms with van der Waals surface area (Å²) in [6.45, 7) is 1.09. The normalized spacial score (nSPS) is 9.55. The highest BCUT2D eigenvalue weighted by Gasteiger charge is 2.03. The molecular formula is C15H23ClN2O4. The summed E-state index contributed by atoms with van der Waals surface area (Å²) in [6.07, 6.45) is 1.50. The molecule has 7 heteroatoms. The first-order chi connectivity index (χ1) is 10.2. The second kappa shape index (κ2) is 11.8. The molecular weight excluding hydrogens is 308 g/mol. The average Bonchev–Trinajstić information content (AvgIpc) is 2.49. The second-order valence-electron chi connectivity index (χ2n) is 4.45. The predicted octanol–water partition coefficient (Wildman–Crippen LogP) is 1.99. The van der Waals surface area contributed by atoms with Crippen LogP contribution in [0.3, 0.4) is 0 Å². The van der Waals surface area contributed by atoms with E-state index in [1.165, 1.54) is 7.11 Å². The Kier molecular flexibility index (Phi) is 10.9. The van der Waals surface area contributed by atoms with Gasteiger partial charge in [-0.25, -0.2) is 0 Å². The molecule has 1 aromatic rings. The average molecular weight is 331 g/mol. The number of methoxy groups -OCH3 is 1. The molecule has 1 amide bonds. The van der Waals surface area contributed by atoms with Crippen molar-refractivity contribution in [3.05, 3.63) is 24.3 Å². The molecule has 0 heterocycles. The van der Waals surface area contributed by atoms with E-state index in [1.54, 1.807) is 24.3 Å². The van der Waals surface area contributed by atoms with Crippen molar-refractivity contribution in [3.8, 4) is 5.75 Å². The van der Waals surface area contributed by atoms with Crippen molar-refractivity contribution in [2.75, 3.05) is 32.6 Å². The molecule has 0 aliphatic carbocycles. The summed E-state index contributed by atoms with van der Waals surface area (Å²) in [5, 5.41) is 5.81. The van der Waals surface area contributed by atoms with E-state index in [1.807, 2.05) is 7.05 Å². The highest BCUT2D eigenvalue weighted by atomic mass is 35.5. The van der Waals surface area contributed by atoms with Crippen molar-refractivity contribution in [1.82, 2.24) is 5.32 Å². The lowest BCUT2D eigenvalue weighted by Crippen LogP contribution is -2.15. The Labute approximate surface area is 137 Å². The Hall–Kier alpha value is -1.79. The van der Waals surface area contributed by atoms with E-state index in [2.05, 4.69) is 15.4 Å². The molecule has 124 valence electrons. The molecule has 0 spiro atoms. The molecule has 0 radical (unpaired) electrons. The quantitative estimate of drug-likeness (QED) is 0.535. The molecule has 0 aliphatic heterocycles. The topological polar surface area (TPSA) is 76.7 Å². The van der Waals surface area contributed by atoms with Crippen LogP contribution < -0.4 is 15.4 Å². The number of amides is 1. The van der Waals surface area contributed by atoms with Crippen molar-refractivity contribution in [3.63, 3.8) is 0 Å². The van der Waals surface area contributed by atoms with Gasteiger partial charge in [-0.1, -0.05) is 0 Å². The van der Waals surface area contributed by atoms with Crippen LogP contribution in [-0.2, 0) is 14.3 Å². The molecule has 0 saturated heterocycles. The third kappa shape index (κ3) is 8.49. The van der Waals surface area contributed by atoms with Crippen LogP contribution in [-0.4, -0.2) is 39.2 Å². The van der Waals surface area contributed by atoms with Crippen molar-refractivity contribution in [2.24, 2.45) is 0 Å². The van der Waals surface area contributed by atoms with E-state index in [-0.39, 0.29) is 37.3 Å². The fourth-order valence-electron chi connectivity index (χ4n) is 1.64. The molecule has 6 nitrogen and oxygen atoms in total. The summed E-state index contributed by atoms with van der Waals surface area (Å²) >= 11 is 0. The predicted molar refractivity (Wildman–Crippen MR) is 87.6 cm³/mol.